The van der Waals surface area contributed by atoms with Crippen molar-refractivity contribution in [1.82, 2.24) is 10.6 Å². The average molecular weight is 434 g/mol. The molecular formula is C21H27N3O5S. The molecule has 0 aliphatic heterocycles. The van der Waals surface area contributed by atoms with E-state index >= 15 is 0 Å². The molecule has 2 aromatic rings. The molecule has 1 atom stereocenters. The van der Waals surface area contributed by atoms with E-state index in [9.17, 15) is 18.0 Å². The summed E-state index contributed by atoms with van der Waals surface area (Å²) in [5, 5.41) is 5.21. The highest BCUT2D eigenvalue weighted by molar-refractivity contribution is 7.92. The minimum Gasteiger partial charge on any atom is -0.495 e. The maximum absolute atomic E-state index is 12.8. The number of carbonyl (C=O) groups excluding carboxylic acids is 2. The van der Waals surface area contributed by atoms with Crippen molar-refractivity contribution in [3.05, 3.63) is 54.1 Å². The Hall–Kier alpha value is -3.07. The summed E-state index contributed by atoms with van der Waals surface area (Å²) in [5.41, 5.74) is 0.419. The van der Waals surface area contributed by atoms with Crippen LogP contribution in [0.15, 0.2) is 53.4 Å². The van der Waals surface area contributed by atoms with Crippen molar-refractivity contribution in [1.29, 1.82) is 0 Å². The Bertz CT molecular complexity index is 1010. The lowest BCUT2D eigenvalue weighted by Gasteiger charge is -2.19. The number of nitrogens with one attached hydrogen (secondary N) is 3. The van der Waals surface area contributed by atoms with E-state index in [4.69, 9.17) is 4.74 Å². The number of benzene rings is 2. The fourth-order valence-electron chi connectivity index (χ4n) is 2.86. The van der Waals surface area contributed by atoms with Crippen LogP contribution >= 0.6 is 0 Å². The van der Waals surface area contributed by atoms with Gasteiger partial charge in [0.15, 0.2) is 0 Å². The summed E-state index contributed by atoms with van der Waals surface area (Å²) in [6.07, 6.45) is 0.457. The van der Waals surface area contributed by atoms with E-state index in [2.05, 4.69) is 15.4 Å². The molecule has 0 spiro atoms. The molecule has 0 aliphatic carbocycles. The minimum atomic E-state index is -3.96. The number of ether oxygens (including phenoxy) is 1. The number of carbonyl (C=O) groups is 2. The van der Waals surface area contributed by atoms with Crippen LogP contribution in [0.4, 0.5) is 5.69 Å². The maximum atomic E-state index is 12.8. The molecule has 0 aromatic heterocycles. The molecule has 2 rings (SSSR count). The predicted molar refractivity (Wildman–Crippen MR) is 115 cm³/mol. The summed E-state index contributed by atoms with van der Waals surface area (Å²) < 4.78 is 33.2. The van der Waals surface area contributed by atoms with Crippen LogP contribution in [-0.4, -0.2) is 40.4 Å². The van der Waals surface area contributed by atoms with Crippen LogP contribution in [0.25, 0.3) is 0 Å². The zero-order valence-electron chi connectivity index (χ0n) is 17.4. The summed E-state index contributed by atoms with van der Waals surface area (Å²) in [6, 6.07) is 11.5. The standard InChI is InChI=1S/C21H27N3O5S/c1-14(2)12-18(21(26)22-3)23-20(25)15-8-7-9-16(13-15)30(27,28)24-17-10-5-6-11-19(17)29-4/h5-11,13-14,18,24H,12H2,1-4H3,(H,22,26)(H,23,25). The zero-order chi connectivity index (χ0) is 22.3. The van der Waals surface area contributed by atoms with E-state index in [0.29, 0.717) is 12.2 Å². The highest BCUT2D eigenvalue weighted by atomic mass is 32.2. The Kier molecular flexibility index (Phi) is 7.82. The number of para-hydroxylation sites is 2. The molecule has 0 heterocycles. The van der Waals surface area contributed by atoms with Gasteiger partial charge in [0.25, 0.3) is 15.9 Å². The third-order valence-electron chi connectivity index (χ3n) is 4.33. The lowest BCUT2D eigenvalue weighted by atomic mass is 10.0. The zero-order valence-corrected chi connectivity index (χ0v) is 18.2. The van der Waals surface area contributed by atoms with Gasteiger partial charge in [-0.15, -0.1) is 0 Å². The lowest BCUT2D eigenvalue weighted by molar-refractivity contribution is -0.122. The van der Waals surface area contributed by atoms with Gasteiger partial charge in [-0.25, -0.2) is 8.42 Å². The number of likely N-dealkylation sites (N-methyl/N-ethyl adjacent to an activating group) is 1. The van der Waals surface area contributed by atoms with Crippen molar-refractivity contribution in [2.75, 3.05) is 18.9 Å². The first-order chi connectivity index (χ1) is 14.2. The summed E-state index contributed by atoms with van der Waals surface area (Å²) in [4.78, 5) is 24.6. The fourth-order valence-corrected chi connectivity index (χ4v) is 3.97. The maximum Gasteiger partial charge on any atom is 0.262 e. The number of anilines is 1. The van der Waals surface area contributed by atoms with Gasteiger partial charge in [-0.2, -0.15) is 0 Å². The van der Waals surface area contributed by atoms with Crippen molar-refractivity contribution in [2.24, 2.45) is 5.92 Å². The van der Waals surface area contributed by atoms with E-state index in [1.54, 1.807) is 24.3 Å². The van der Waals surface area contributed by atoms with Gasteiger partial charge in [0.2, 0.25) is 5.91 Å². The van der Waals surface area contributed by atoms with Gasteiger partial charge in [-0.05, 0) is 42.7 Å². The highest BCUT2D eigenvalue weighted by Crippen LogP contribution is 2.26. The van der Waals surface area contributed by atoms with Crippen LogP contribution in [0.1, 0.15) is 30.6 Å². The topological polar surface area (TPSA) is 114 Å². The van der Waals surface area contributed by atoms with Gasteiger partial charge in [0.1, 0.15) is 11.8 Å². The van der Waals surface area contributed by atoms with E-state index < -0.39 is 22.0 Å². The molecule has 3 N–H and O–H groups in total. The van der Waals surface area contributed by atoms with Gasteiger partial charge in [-0.1, -0.05) is 32.0 Å². The molecular weight excluding hydrogens is 406 g/mol. The number of sulfonamides is 1. The van der Waals surface area contributed by atoms with Crippen molar-refractivity contribution in [3.63, 3.8) is 0 Å². The van der Waals surface area contributed by atoms with Crippen molar-refractivity contribution in [2.45, 2.75) is 31.2 Å². The summed E-state index contributed by atoms with van der Waals surface area (Å²) in [5.74, 6) is -0.279. The van der Waals surface area contributed by atoms with Crippen LogP contribution in [0.2, 0.25) is 0 Å². The van der Waals surface area contributed by atoms with Gasteiger partial charge >= 0.3 is 0 Å². The SMILES string of the molecule is CNC(=O)C(CC(C)C)NC(=O)c1cccc(S(=O)(=O)Nc2ccccc2OC)c1. The third kappa shape index (κ3) is 5.96. The second-order valence-corrected chi connectivity index (χ2v) is 8.79. The molecule has 0 radical (unpaired) electrons. The van der Waals surface area contributed by atoms with Crippen molar-refractivity contribution < 1.29 is 22.7 Å². The molecule has 8 nitrogen and oxygen atoms in total. The molecule has 0 saturated heterocycles. The van der Waals surface area contributed by atoms with Crippen LogP contribution in [0.3, 0.4) is 0 Å². The molecule has 0 saturated carbocycles. The number of hydrogen-bond acceptors (Lipinski definition) is 5. The van der Waals surface area contributed by atoms with E-state index in [1.165, 1.54) is 38.4 Å². The minimum absolute atomic E-state index is 0.0820. The number of methoxy groups -OCH3 is 1. The molecule has 1 unspecified atom stereocenters. The molecule has 2 aromatic carbocycles. The number of rotatable bonds is 9. The Morgan fingerprint density at radius 2 is 1.77 bits per heavy atom. The third-order valence-corrected chi connectivity index (χ3v) is 5.70. The van der Waals surface area contributed by atoms with Crippen LogP contribution in [0.5, 0.6) is 5.75 Å². The van der Waals surface area contributed by atoms with E-state index in [0.717, 1.165) is 0 Å². The van der Waals surface area contributed by atoms with Gasteiger partial charge in [-0.3, -0.25) is 14.3 Å². The Balaban J connectivity index is 2.25. The van der Waals surface area contributed by atoms with Crippen LogP contribution in [0, 0.1) is 5.92 Å². The van der Waals surface area contributed by atoms with Gasteiger partial charge in [0, 0.05) is 12.6 Å². The summed E-state index contributed by atoms with van der Waals surface area (Å²) >= 11 is 0. The van der Waals surface area contributed by atoms with E-state index in [1.807, 2.05) is 13.8 Å². The first-order valence-corrected chi connectivity index (χ1v) is 10.9. The van der Waals surface area contributed by atoms with Crippen LogP contribution in [-0.2, 0) is 14.8 Å². The quantitative estimate of drug-likeness (QED) is 0.562. The molecule has 162 valence electrons. The molecule has 2 amide bonds. The first kappa shape index (κ1) is 23.2. The molecule has 0 aliphatic rings. The molecule has 0 bridgehead atoms. The summed E-state index contributed by atoms with van der Waals surface area (Å²) in [7, 11) is -1.02. The Morgan fingerprint density at radius 1 is 1.07 bits per heavy atom. The average Bonchev–Trinajstić information content (AvgIpc) is 2.72. The smallest absolute Gasteiger partial charge is 0.262 e. The van der Waals surface area contributed by atoms with Crippen molar-refractivity contribution >= 4 is 27.5 Å². The van der Waals surface area contributed by atoms with E-state index in [-0.39, 0.29) is 28.0 Å². The number of amides is 2. The molecule has 9 heteroatoms. The molecule has 30 heavy (non-hydrogen) atoms. The van der Waals surface area contributed by atoms with Crippen molar-refractivity contribution in [3.8, 4) is 5.75 Å². The highest BCUT2D eigenvalue weighted by Gasteiger charge is 2.23. The summed E-state index contributed by atoms with van der Waals surface area (Å²) in [6.45, 7) is 3.89. The Labute approximate surface area is 177 Å². The first-order valence-electron chi connectivity index (χ1n) is 9.46. The lowest BCUT2D eigenvalue weighted by Crippen LogP contribution is -2.46. The van der Waals surface area contributed by atoms with Gasteiger partial charge in [0.05, 0.1) is 17.7 Å². The van der Waals surface area contributed by atoms with Gasteiger partial charge < -0.3 is 15.4 Å². The largest absolute Gasteiger partial charge is 0.495 e. The predicted octanol–water partition coefficient (Wildman–Crippen LogP) is 2.39. The monoisotopic (exact) mass is 433 g/mol. The second-order valence-electron chi connectivity index (χ2n) is 7.10. The second kappa shape index (κ2) is 10.1. The Morgan fingerprint density at radius 3 is 2.40 bits per heavy atom. The normalized spacial score (nSPS) is 12.2. The molecule has 0 fully saturated rings. The van der Waals surface area contributed by atoms with Crippen LogP contribution < -0.4 is 20.1 Å². The number of hydrogen-bond donors (Lipinski definition) is 3. The fraction of sp³-hybridized carbons (Fsp3) is 0.333.